The summed E-state index contributed by atoms with van der Waals surface area (Å²) in [6, 6.07) is 5.68. The highest BCUT2D eigenvalue weighted by atomic mass is 32.2. The summed E-state index contributed by atoms with van der Waals surface area (Å²) < 4.78 is 37.9. The zero-order valence-electron chi connectivity index (χ0n) is 11.5. The van der Waals surface area contributed by atoms with E-state index in [0.29, 0.717) is 25.4 Å². The molecule has 110 valence electrons. The van der Waals surface area contributed by atoms with Crippen LogP contribution in [0, 0.1) is 0 Å². The Morgan fingerprint density at radius 2 is 1.90 bits per heavy atom. The van der Waals surface area contributed by atoms with Gasteiger partial charge in [0.2, 0.25) is 10.0 Å². The number of ether oxygens (including phenoxy) is 2. The number of hydrogen-bond acceptors (Lipinski definition) is 4. The van der Waals surface area contributed by atoms with Crippen LogP contribution in [0.4, 0.5) is 0 Å². The lowest BCUT2D eigenvalue weighted by Gasteiger charge is -2.22. The smallest absolute Gasteiger partial charge is 0.212 e. The molecule has 20 heavy (non-hydrogen) atoms. The first-order chi connectivity index (χ1) is 9.55. The molecule has 0 atom stereocenters. The van der Waals surface area contributed by atoms with Gasteiger partial charge < -0.3 is 9.47 Å². The largest absolute Gasteiger partial charge is 0.486 e. The maximum atomic E-state index is 12.0. The minimum Gasteiger partial charge on any atom is -0.486 e. The number of hydrogen-bond donors (Lipinski definition) is 1. The van der Waals surface area contributed by atoms with Crippen molar-refractivity contribution >= 4 is 10.0 Å². The van der Waals surface area contributed by atoms with Crippen molar-refractivity contribution in [1.82, 2.24) is 4.72 Å². The average molecular weight is 297 g/mol. The SMILES string of the molecule is CCCS(=O)(=O)NC1(c2ccc3c(c2)OCCO3)CC1. The van der Waals surface area contributed by atoms with E-state index in [1.807, 2.05) is 25.1 Å². The van der Waals surface area contributed by atoms with Crippen LogP contribution in [0.5, 0.6) is 11.5 Å². The second-order valence-electron chi connectivity index (χ2n) is 5.36. The van der Waals surface area contributed by atoms with Gasteiger partial charge in [-0.1, -0.05) is 13.0 Å². The molecule has 1 aromatic rings. The number of rotatable bonds is 5. The highest BCUT2D eigenvalue weighted by Gasteiger charge is 2.47. The van der Waals surface area contributed by atoms with Crippen molar-refractivity contribution in [2.45, 2.75) is 31.7 Å². The van der Waals surface area contributed by atoms with Gasteiger partial charge in [-0.25, -0.2) is 13.1 Å². The van der Waals surface area contributed by atoms with Crippen LogP contribution in [-0.2, 0) is 15.6 Å². The van der Waals surface area contributed by atoms with Crippen molar-refractivity contribution in [3.05, 3.63) is 23.8 Å². The maximum Gasteiger partial charge on any atom is 0.212 e. The maximum absolute atomic E-state index is 12.0. The van der Waals surface area contributed by atoms with Crippen LogP contribution in [0.3, 0.4) is 0 Å². The van der Waals surface area contributed by atoms with Crippen molar-refractivity contribution in [2.75, 3.05) is 19.0 Å². The Balaban J connectivity index is 1.85. The molecule has 0 spiro atoms. The van der Waals surface area contributed by atoms with Crippen LogP contribution in [0.1, 0.15) is 31.7 Å². The molecule has 0 saturated heterocycles. The van der Waals surface area contributed by atoms with E-state index in [9.17, 15) is 8.42 Å². The summed E-state index contributed by atoms with van der Waals surface area (Å²) in [5.41, 5.74) is 0.519. The molecule has 5 nitrogen and oxygen atoms in total. The van der Waals surface area contributed by atoms with Crippen molar-refractivity contribution < 1.29 is 17.9 Å². The summed E-state index contributed by atoms with van der Waals surface area (Å²) in [4.78, 5) is 0. The van der Waals surface area contributed by atoms with E-state index in [1.165, 1.54) is 0 Å². The normalized spacial score (nSPS) is 19.6. The van der Waals surface area contributed by atoms with E-state index in [4.69, 9.17) is 9.47 Å². The summed E-state index contributed by atoms with van der Waals surface area (Å²) in [7, 11) is -3.22. The molecule has 1 aromatic carbocycles. The van der Waals surface area contributed by atoms with Crippen LogP contribution in [0.25, 0.3) is 0 Å². The Morgan fingerprint density at radius 3 is 2.55 bits per heavy atom. The first-order valence-electron chi connectivity index (χ1n) is 6.96. The van der Waals surface area contributed by atoms with E-state index >= 15 is 0 Å². The highest BCUT2D eigenvalue weighted by molar-refractivity contribution is 7.89. The molecular formula is C14H19NO4S. The first kappa shape index (κ1) is 13.7. The summed E-state index contributed by atoms with van der Waals surface area (Å²) >= 11 is 0. The standard InChI is InChI=1S/C14H19NO4S/c1-2-9-20(16,17)15-14(5-6-14)11-3-4-12-13(10-11)19-8-7-18-12/h3-4,10,15H,2,5-9H2,1H3. The van der Waals surface area contributed by atoms with Gasteiger partial charge in [0.1, 0.15) is 13.2 Å². The fraction of sp³-hybridized carbons (Fsp3) is 0.571. The fourth-order valence-corrected chi connectivity index (χ4v) is 4.09. The molecule has 0 aromatic heterocycles. The summed E-state index contributed by atoms with van der Waals surface area (Å²) in [5, 5.41) is 0. The topological polar surface area (TPSA) is 64.6 Å². The summed E-state index contributed by atoms with van der Waals surface area (Å²) in [6.45, 7) is 2.95. The van der Waals surface area contributed by atoms with Crippen LogP contribution in [0.2, 0.25) is 0 Å². The van der Waals surface area contributed by atoms with Gasteiger partial charge in [0.25, 0.3) is 0 Å². The third-order valence-corrected chi connectivity index (χ3v) is 5.32. The third-order valence-electron chi connectivity index (χ3n) is 3.67. The van der Waals surface area contributed by atoms with Crippen LogP contribution < -0.4 is 14.2 Å². The second-order valence-corrected chi connectivity index (χ2v) is 7.20. The first-order valence-corrected chi connectivity index (χ1v) is 8.62. The molecule has 0 bridgehead atoms. The molecule has 6 heteroatoms. The van der Waals surface area contributed by atoms with Crippen molar-refractivity contribution in [2.24, 2.45) is 0 Å². The van der Waals surface area contributed by atoms with Crippen molar-refractivity contribution in [3.63, 3.8) is 0 Å². The van der Waals surface area contributed by atoms with Gasteiger partial charge in [0, 0.05) is 0 Å². The van der Waals surface area contributed by atoms with E-state index in [-0.39, 0.29) is 5.75 Å². The lowest BCUT2D eigenvalue weighted by Crippen LogP contribution is -2.36. The highest BCUT2D eigenvalue weighted by Crippen LogP contribution is 2.48. The molecule has 0 amide bonds. The zero-order chi connectivity index (χ0) is 14.2. The van der Waals surface area contributed by atoms with E-state index in [2.05, 4.69) is 4.72 Å². The van der Waals surface area contributed by atoms with Gasteiger partial charge >= 0.3 is 0 Å². The molecule has 1 aliphatic heterocycles. The van der Waals surface area contributed by atoms with Crippen molar-refractivity contribution in [3.8, 4) is 11.5 Å². The molecule has 0 radical (unpaired) electrons. The Labute approximate surface area is 119 Å². The van der Waals surface area contributed by atoms with Gasteiger partial charge in [-0.15, -0.1) is 0 Å². The quantitative estimate of drug-likeness (QED) is 0.899. The number of benzene rings is 1. The molecule has 0 unspecified atom stereocenters. The van der Waals surface area contributed by atoms with Crippen LogP contribution in [0.15, 0.2) is 18.2 Å². The number of fused-ring (bicyclic) bond motifs is 1. The molecule has 1 fully saturated rings. The zero-order valence-corrected chi connectivity index (χ0v) is 12.3. The van der Waals surface area contributed by atoms with E-state index < -0.39 is 15.6 Å². The predicted molar refractivity (Wildman–Crippen MR) is 75.6 cm³/mol. The Kier molecular flexibility index (Phi) is 3.38. The summed E-state index contributed by atoms with van der Waals surface area (Å²) in [6.07, 6.45) is 2.28. The number of nitrogens with one attached hydrogen (secondary N) is 1. The molecule has 2 aliphatic rings. The molecular weight excluding hydrogens is 278 g/mol. The van der Waals surface area contributed by atoms with Gasteiger partial charge in [0.05, 0.1) is 11.3 Å². The van der Waals surface area contributed by atoms with Gasteiger partial charge in [-0.05, 0) is 37.0 Å². The molecule has 3 rings (SSSR count). The lowest BCUT2D eigenvalue weighted by molar-refractivity contribution is 0.171. The van der Waals surface area contributed by atoms with Gasteiger partial charge in [-0.2, -0.15) is 0 Å². The predicted octanol–water partition coefficient (Wildman–Crippen LogP) is 1.78. The summed E-state index contributed by atoms with van der Waals surface area (Å²) in [5.74, 6) is 1.60. The van der Waals surface area contributed by atoms with E-state index in [1.54, 1.807) is 0 Å². The van der Waals surface area contributed by atoms with Gasteiger partial charge in [-0.3, -0.25) is 0 Å². The average Bonchev–Trinajstić information content (AvgIpc) is 3.18. The minimum atomic E-state index is -3.22. The Bertz CT molecular complexity index is 608. The van der Waals surface area contributed by atoms with Gasteiger partial charge in [0.15, 0.2) is 11.5 Å². The molecule has 1 aliphatic carbocycles. The lowest BCUT2D eigenvalue weighted by atomic mass is 10.1. The monoisotopic (exact) mass is 297 g/mol. The molecule has 1 N–H and O–H groups in total. The number of sulfonamides is 1. The van der Waals surface area contributed by atoms with Crippen LogP contribution >= 0.6 is 0 Å². The minimum absolute atomic E-state index is 0.166. The van der Waals surface area contributed by atoms with Crippen molar-refractivity contribution in [1.29, 1.82) is 0 Å². The van der Waals surface area contributed by atoms with Crippen LogP contribution in [-0.4, -0.2) is 27.4 Å². The van der Waals surface area contributed by atoms with E-state index in [0.717, 1.165) is 24.2 Å². The second kappa shape index (κ2) is 4.93. The molecule has 1 heterocycles. The Morgan fingerprint density at radius 1 is 1.20 bits per heavy atom. The Hall–Kier alpha value is -1.27. The molecule has 1 saturated carbocycles. The fourth-order valence-electron chi connectivity index (χ4n) is 2.53. The third kappa shape index (κ3) is 2.62.